The second-order valence-corrected chi connectivity index (χ2v) is 9.15. The number of halogens is 2. The molecule has 3 aromatic rings. The molecule has 1 aliphatic heterocycles. The number of benzene rings is 2. The van der Waals surface area contributed by atoms with Gasteiger partial charge in [-0.2, -0.15) is 0 Å². The number of rotatable bonds is 4. The third-order valence-electron chi connectivity index (χ3n) is 6.82. The number of Topliss-reactive ketones (excluding diaryl/α,β-unsaturated/α-hetero) is 2. The molecule has 0 radical (unpaired) electrons. The van der Waals surface area contributed by atoms with Gasteiger partial charge in [0.2, 0.25) is 17.2 Å². The lowest BCUT2D eigenvalue weighted by Gasteiger charge is -2.37. The molecule has 1 aromatic heterocycles. The van der Waals surface area contributed by atoms with Crippen molar-refractivity contribution in [2.45, 2.75) is 18.9 Å². The Balaban J connectivity index is 1.75. The van der Waals surface area contributed by atoms with Crippen LogP contribution in [-0.2, 0) is 11.2 Å². The monoisotopic (exact) mass is 525 g/mol. The lowest BCUT2D eigenvalue weighted by Crippen LogP contribution is -2.57. The van der Waals surface area contributed by atoms with Crippen LogP contribution in [0.5, 0.6) is 17.2 Å². The fraction of sp³-hybridized carbons (Fsp3) is 0.259. The van der Waals surface area contributed by atoms with Gasteiger partial charge < -0.3 is 18.9 Å². The third-order valence-corrected chi connectivity index (χ3v) is 7.18. The van der Waals surface area contributed by atoms with Gasteiger partial charge in [0.1, 0.15) is 33.6 Å². The summed E-state index contributed by atoms with van der Waals surface area (Å²) in [5.41, 5.74) is -0.795. The zero-order valence-electron chi connectivity index (χ0n) is 20.3. The molecule has 2 atom stereocenters. The van der Waals surface area contributed by atoms with Crippen LogP contribution in [0, 0.1) is 11.7 Å². The quantitative estimate of drug-likeness (QED) is 0.356. The predicted octanol–water partition coefficient (Wildman–Crippen LogP) is 4.73. The molecule has 2 heterocycles. The van der Waals surface area contributed by atoms with Gasteiger partial charge in [-0.1, -0.05) is 30.7 Å². The van der Waals surface area contributed by atoms with Crippen LogP contribution in [0.1, 0.15) is 43.8 Å². The van der Waals surface area contributed by atoms with Gasteiger partial charge in [0, 0.05) is 12.0 Å². The van der Waals surface area contributed by atoms with Crippen molar-refractivity contribution in [1.29, 1.82) is 0 Å². The lowest BCUT2D eigenvalue weighted by atomic mass is 9.69. The molecule has 37 heavy (non-hydrogen) atoms. The Bertz CT molecular complexity index is 1490. The first-order valence-electron chi connectivity index (χ1n) is 11.3. The van der Waals surface area contributed by atoms with Crippen LogP contribution in [0.4, 0.5) is 4.39 Å². The molecule has 10 heteroatoms. The van der Waals surface area contributed by atoms with Gasteiger partial charge in [0.15, 0.2) is 5.75 Å². The number of ether oxygens (including phenoxy) is 4. The van der Waals surface area contributed by atoms with Crippen molar-refractivity contribution in [1.82, 2.24) is 4.98 Å². The van der Waals surface area contributed by atoms with Gasteiger partial charge in [-0.15, -0.1) is 0 Å². The second-order valence-electron chi connectivity index (χ2n) is 8.78. The molecule has 1 spiro atoms. The van der Waals surface area contributed by atoms with Gasteiger partial charge >= 0.3 is 5.97 Å². The van der Waals surface area contributed by atoms with E-state index in [1.54, 1.807) is 6.92 Å². The highest BCUT2D eigenvalue weighted by atomic mass is 35.5. The molecule has 5 rings (SSSR count). The summed E-state index contributed by atoms with van der Waals surface area (Å²) in [5.74, 6) is -2.75. The molecule has 2 unspecified atom stereocenters. The summed E-state index contributed by atoms with van der Waals surface area (Å²) in [6.07, 6.45) is 0.122. The molecule has 0 bridgehead atoms. The zero-order valence-corrected chi connectivity index (χ0v) is 21.1. The Morgan fingerprint density at radius 2 is 1.70 bits per heavy atom. The van der Waals surface area contributed by atoms with Crippen LogP contribution in [-0.4, -0.2) is 49.5 Å². The van der Waals surface area contributed by atoms with Crippen molar-refractivity contribution in [3.8, 4) is 28.4 Å². The van der Waals surface area contributed by atoms with E-state index >= 15 is 0 Å². The Morgan fingerprint density at radius 3 is 2.32 bits per heavy atom. The zero-order chi connectivity index (χ0) is 26.6. The highest BCUT2D eigenvalue weighted by Gasteiger charge is 2.62. The Hall–Kier alpha value is -3.98. The number of pyridine rings is 1. The first kappa shape index (κ1) is 24.7. The topological polar surface area (TPSA) is 101 Å². The summed E-state index contributed by atoms with van der Waals surface area (Å²) < 4.78 is 35.4. The number of carbonyl (C=O) groups excluding carboxylic acids is 3. The van der Waals surface area contributed by atoms with E-state index in [0.717, 1.165) is 0 Å². The molecule has 1 aliphatic carbocycles. The van der Waals surface area contributed by atoms with E-state index < -0.39 is 34.9 Å². The minimum absolute atomic E-state index is 0.00557. The second kappa shape index (κ2) is 8.85. The Kier molecular flexibility index (Phi) is 5.91. The molecule has 2 aliphatic rings. The van der Waals surface area contributed by atoms with Crippen molar-refractivity contribution >= 4 is 29.1 Å². The molecule has 2 aromatic carbocycles. The minimum Gasteiger partial charge on any atom is -0.496 e. The van der Waals surface area contributed by atoms with Crippen molar-refractivity contribution in [3.05, 3.63) is 69.8 Å². The van der Waals surface area contributed by atoms with Gasteiger partial charge in [0.05, 0.1) is 32.6 Å². The number of fused-ring (bicyclic) bond motifs is 2. The van der Waals surface area contributed by atoms with Gasteiger partial charge in [-0.25, -0.2) is 14.2 Å². The van der Waals surface area contributed by atoms with Crippen LogP contribution in [0.3, 0.4) is 0 Å². The van der Waals surface area contributed by atoms with Gasteiger partial charge in [-0.3, -0.25) is 9.59 Å². The summed E-state index contributed by atoms with van der Waals surface area (Å²) in [6.45, 7) is 1.69. The lowest BCUT2D eigenvalue weighted by molar-refractivity contribution is 0.0256. The van der Waals surface area contributed by atoms with Crippen LogP contribution in [0.2, 0.25) is 5.02 Å². The Labute approximate surface area is 216 Å². The van der Waals surface area contributed by atoms with E-state index in [4.69, 9.17) is 30.5 Å². The standard InChI is InChI=1S/C27H21ClFNO7/c1-12-9-16-20(15(10-17(30-16)26(33)36-4)13-5-7-14(29)8-6-13)24(31)27(12)25(32)21-18(34-2)11-19(35-3)22(28)23(21)37-27/h5-8,10-12H,9H2,1-4H3. The average Bonchev–Trinajstić information content (AvgIpc) is 3.21. The van der Waals surface area contributed by atoms with E-state index in [1.807, 2.05) is 0 Å². The van der Waals surface area contributed by atoms with Crippen molar-refractivity contribution < 1.29 is 37.7 Å². The first-order chi connectivity index (χ1) is 17.7. The fourth-order valence-electron chi connectivity index (χ4n) is 4.98. The molecule has 190 valence electrons. The molecule has 0 amide bonds. The van der Waals surface area contributed by atoms with Crippen molar-refractivity contribution in [2.24, 2.45) is 5.92 Å². The molecule has 0 saturated carbocycles. The largest absolute Gasteiger partial charge is 0.496 e. The predicted molar refractivity (Wildman–Crippen MR) is 130 cm³/mol. The summed E-state index contributed by atoms with van der Waals surface area (Å²) >= 11 is 6.49. The molecular formula is C27H21ClFNO7. The number of ketones is 2. The van der Waals surface area contributed by atoms with Gasteiger partial charge in [-0.05, 0) is 35.7 Å². The van der Waals surface area contributed by atoms with Gasteiger partial charge in [0.25, 0.3) is 0 Å². The maximum atomic E-state index is 14.3. The molecule has 0 fully saturated rings. The summed E-state index contributed by atoms with van der Waals surface area (Å²) in [6, 6.07) is 8.26. The minimum atomic E-state index is -1.96. The highest BCUT2D eigenvalue weighted by Crippen LogP contribution is 2.54. The first-order valence-corrected chi connectivity index (χ1v) is 11.7. The number of carbonyl (C=O) groups is 3. The maximum absolute atomic E-state index is 14.3. The SMILES string of the molecule is COC(=O)c1cc(-c2ccc(F)cc2)c2c(n1)CC(C)C1(Oc3c(Cl)c(OC)cc(OC)c3C1=O)C2=O. The number of methoxy groups -OCH3 is 3. The summed E-state index contributed by atoms with van der Waals surface area (Å²) in [4.78, 5) is 45.1. The van der Waals surface area contributed by atoms with Crippen LogP contribution in [0.25, 0.3) is 11.1 Å². The molecule has 8 nitrogen and oxygen atoms in total. The molecular weight excluding hydrogens is 505 g/mol. The smallest absolute Gasteiger partial charge is 0.356 e. The highest BCUT2D eigenvalue weighted by molar-refractivity contribution is 6.36. The summed E-state index contributed by atoms with van der Waals surface area (Å²) in [7, 11) is 4.01. The number of hydrogen-bond acceptors (Lipinski definition) is 8. The van der Waals surface area contributed by atoms with E-state index in [9.17, 15) is 18.8 Å². The summed E-state index contributed by atoms with van der Waals surface area (Å²) in [5, 5.41) is 0.0345. The normalized spacial score (nSPS) is 19.8. The van der Waals surface area contributed by atoms with Crippen molar-refractivity contribution in [2.75, 3.05) is 21.3 Å². The number of nitrogens with zero attached hydrogens (tertiary/aromatic N) is 1. The van der Waals surface area contributed by atoms with Crippen LogP contribution >= 0.6 is 11.6 Å². The van der Waals surface area contributed by atoms with Crippen LogP contribution in [0.15, 0.2) is 36.4 Å². The Morgan fingerprint density at radius 1 is 1.05 bits per heavy atom. The van der Waals surface area contributed by atoms with E-state index in [0.29, 0.717) is 16.8 Å². The molecule has 0 saturated heterocycles. The number of esters is 1. The average molecular weight is 526 g/mol. The number of hydrogen-bond donors (Lipinski definition) is 0. The number of aromatic nitrogens is 1. The fourth-order valence-corrected chi connectivity index (χ4v) is 5.25. The third kappa shape index (κ3) is 3.48. The van der Waals surface area contributed by atoms with E-state index in [1.165, 1.54) is 57.7 Å². The van der Waals surface area contributed by atoms with E-state index in [2.05, 4.69) is 4.98 Å². The van der Waals surface area contributed by atoms with Crippen molar-refractivity contribution in [3.63, 3.8) is 0 Å². The maximum Gasteiger partial charge on any atom is 0.356 e. The van der Waals surface area contributed by atoms with Crippen LogP contribution < -0.4 is 14.2 Å². The van der Waals surface area contributed by atoms with E-state index in [-0.39, 0.29) is 45.5 Å². The molecule has 0 N–H and O–H groups in total.